The van der Waals surface area contributed by atoms with Gasteiger partial charge in [-0.2, -0.15) is 0 Å². The zero-order valence-electron chi connectivity index (χ0n) is 20.1. The number of benzene rings is 3. The normalized spacial score (nSPS) is 19.1. The number of amides is 2. The lowest BCUT2D eigenvalue weighted by molar-refractivity contribution is -0.141. The summed E-state index contributed by atoms with van der Waals surface area (Å²) in [5.41, 5.74) is 4.53. The summed E-state index contributed by atoms with van der Waals surface area (Å²) in [6.45, 7) is 2.41. The van der Waals surface area contributed by atoms with Crippen molar-refractivity contribution in [3.8, 4) is 11.5 Å². The molecule has 180 valence electrons. The molecular formula is C29H30N2O4. The van der Waals surface area contributed by atoms with Crippen molar-refractivity contribution in [2.75, 3.05) is 12.4 Å². The lowest BCUT2D eigenvalue weighted by atomic mass is 9.86. The van der Waals surface area contributed by atoms with Gasteiger partial charge in [-0.1, -0.05) is 43.3 Å². The van der Waals surface area contributed by atoms with Crippen LogP contribution in [-0.4, -0.2) is 29.9 Å². The number of aryl methyl sites for hydroxylation is 1. The molecule has 0 radical (unpaired) electrons. The minimum Gasteiger partial charge on any atom is -0.496 e. The molecule has 1 aliphatic heterocycles. The largest absolute Gasteiger partial charge is 0.496 e. The first-order valence-electron chi connectivity index (χ1n) is 12.2. The Balaban J connectivity index is 1.46. The maximum atomic E-state index is 13.6. The molecule has 35 heavy (non-hydrogen) atoms. The Kier molecular flexibility index (Phi) is 6.45. The Hall–Kier alpha value is -3.80. The van der Waals surface area contributed by atoms with Crippen LogP contribution < -0.4 is 14.8 Å². The van der Waals surface area contributed by atoms with Gasteiger partial charge in [-0.15, -0.1) is 0 Å². The first kappa shape index (κ1) is 23.0. The van der Waals surface area contributed by atoms with Crippen LogP contribution in [-0.2, 0) is 17.8 Å². The van der Waals surface area contributed by atoms with E-state index in [0.29, 0.717) is 35.7 Å². The molecule has 6 heteroatoms. The van der Waals surface area contributed by atoms with Crippen LogP contribution in [0.1, 0.15) is 59.3 Å². The number of nitrogens with one attached hydrogen (secondary N) is 1. The molecule has 2 atom stereocenters. The third kappa shape index (κ3) is 4.48. The molecular weight excluding hydrogens is 440 g/mol. The van der Waals surface area contributed by atoms with Gasteiger partial charge in [0.2, 0.25) is 0 Å². The molecule has 1 N–H and O–H groups in total. The number of carbonyl (C=O) groups excluding carboxylic acids is 2. The third-order valence-electron chi connectivity index (χ3n) is 6.92. The van der Waals surface area contributed by atoms with Crippen LogP contribution >= 0.6 is 0 Å². The van der Waals surface area contributed by atoms with Crippen LogP contribution in [0.3, 0.4) is 0 Å². The monoisotopic (exact) mass is 470 g/mol. The zero-order valence-corrected chi connectivity index (χ0v) is 20.1. The van der Waals surface area contributed by atoms with Gasteiger partial charge in [0.15, 0.2) is 6.10 Å². The Morgan fingerprint density at radius 2 is 1.89 bits per heavy atom. The van der Waals surface area contributed by atoms with E-state index in [4.69, 9.17) is 9.47 Å². The summed E-state index contributed by atoms with van der Waals surface area (Å²) in [5, 5.41) is 2.97. The highest BCUT2D eigenvalue weighted by atomic mass is 16.5. The molecule has 6 nitrogen and oxygen atoms in total. The molecule has 0 saturated heterocycles. The minimum absolute atomic E-state index is 0.0166. The van der Waals surface area contributed by atoms with Gasteiger partial charge in [-0.3, -0.25) is 9.59 Å². The first-order chi connectivity index (χ1) is 17.1. The smallest absolute Gasteiger partial charge is 0.264 e. The summed E-state index contributed by atoms with van der Waals surface area (Å²) in [4.78, 5) is 28.5. The van der Waals surface area contributed by atoms with Crippen molar-refractivity contribution in [1.29, 1.82) is 0 Å². The van der Waals surface area contributed by atoms with Crippen molar-refractivity contribution < 1.29 is 19.1 Å². The average molecular weight is 471 g/mol. The number of anilines is 1. The maximum Gasteiger partial charge on any atom is 0.264 e. The summed E-state index contributed by atoms with van der Waals surface area (Å²) in [6, 6.07) is 21.1. The molecule has 0 bridgehead atoms. The average Bonchev–Trinajstić information content (AvgIpc) is 3.04. The highest BCUT2D eigenvalue weighted by molar-refractivity contribution is 6.06. The van der Waals surface area contributed by atoms with Crippen LogP contribution in [0.15, 0.2) is 66.7 Å². The van der Waals surface area contributed by atoms with E-state index in [1.54, 1.807) is 25.3 Å². The fourth-order valence-electron chi connectivity index (χ4n) is 5.15. The molecule has 0 aromatic heterocycles. The standard InChI is InChI=1S/C29H30N2O4/c1-3-25-29(33)31(24-13-8-10-19-9-4-5-11-22(19)24)18-20-17-21(15-16-26(20)35-25)30-28(32)23-12-6-7-14-27(23)34-2/h4-7,9,11-12,14-17,24-25H,3,8,10,13,18H2,1-2H3,(H,30,32). The van der Waals surface area contributed by atoms with Crippen molar-refractivity contribution in [1.82, 2.24) is 4.90 Å². The van der Waals surface area contributed by atoms with E-state index in [-0.39, 0.29) is 17.9 Å². The van der Waals surface area contributed by atoms with Gasteiger partial charge in [0.05, 0.1) is 25.3 Å². The molecule has 2 aliphatic rings. The van der Waals surface area contributed by atoms with E-state index >= 15 is 0 Å². The van der Waals surface area contributed by atoms with E-state index < -0.39 is 6.10 Å². The number of hydrogen-bond donors (Lipinski definition) is 1. The van der Waals surface area contributed by atoms with Crippen molar-refractivity contribution in [2.45, 2.75) is 51.3 Å². The van der Waals surface area contributed by atoms with Crippen molar-refractivity contribution in [2.24, 2.45) is 0 Å². The molecule has 5 rings (SSSR count). The molecule has 2 amide bonds. The molecule has 2 unspecified atom stereocenters. The Morgan fingerprint density at radius 1 is 1.09 bits per heavy atom. The fraction of sp³-hybridized carbons (Fsp3) is 0.310. The lowest BCUT2D eigenvalue weighted by Crippen LogP contribution is -2.42. The summed E-state index contributed by atoms with van der Waals surface area (Å²) in [5.74, 6) is 0.969. The SMILES string of the molecule is CCC1Oc2ccc(NC(=O)c3ccccc3OC)cc2CN(C2CCCc3ccccc32)C1=O. The number of hydrogen-bond acceptors (Lipinski definition) is 4. The molecule has 3 aromatic rings. The second-order valence-corrected chi connectivity index (χ2v) is 9.06. The summed E-state index contributed by atoms with van der Waals surface area (Å²) < 4.78 is 11.5. The number of rotatable bonds is 5. The lowest BCUT2D eigenvalue weighted by Gasteiger charge is -2.36. The van der Waals surface area contributed by atoms with Gasteiger partial charge in [-0.05, 0) is 67.1 Å². The van der Waals surface area contributed by atoms with Crippen LogP contribution in [0.4, 0.5) is 5.69 Å². The van der Waals surface area contributed by atoms with Crippen LogP contribution in [0, 0.1) is 0 Å². The fourth-order valence-corrected chi connectivity index (χ4v) is 5.15. The summed E-state index contributed by atoms with van der Waals surface area (Å²) in [7, 11) is 1.55. The minimum atomic E-state index is -0.528. The van der Waals surface area contributed by atoms with Crippen molar-refractivity contribution in [3.05, 3.63) is 89.0 Å². The second-order valence-electron chi connectivity index (χ2n) is 9.06. The van der Waals surface area contributed by atoms with Crippen LogP contribution in [0.2, 0.25) is 0 Å². The molecule has 0 spiro atoms. The number of carbonyl (C=O) groups is 2. The number of nitrogens with zero attached hydrogens (tertiary/aromatic N) is 1. The van der Waals surface area contributed by atoms with Crippen LogP contribution in [0.5, 0.6) is 11.5 Å². The quantitative estimate of drug-likeness (QED) is 0.533. The zero-order chi connectivity index (χ0) is 24.4. The predicted octanol–water partition coefficient (Wildman–Crippen LogP) is 5.52. The second kappa shape index (κ2) is 9.82. The van der Waals surface area contributed by atoms with Gasteiger partial charge < -0.3 is 19.7 Å². The first-order valence-corrected chi connectivity index (χ1v) is 12.2. The van der Waals surface area contributed by atoms with E-state index in [2.05, 4.69) is 23.5 Å². The Labute approximate surface area is 205 Å². The number of ether oxygens (including phenoxy) is 2. The molecule has 1 heterocycles. The Morgan fingerprint density at radius 3 is 2.71 bits per heavy atom. The van der Waals surface area contributed by atoms with E-state index in [1.165, 1.54) is 11.1 Å². The van der Waals surface area contributed by atoms with E-state index in [9.17, 15) is 9.59 Å². The molecule has 1 aliphatic carbocycles. The summed E-state index contributed by atoms with van der Waals surface area (Å²) in [6.07, 6.45) is 3.08. The Bertz CT molecular complexity index is 1250. The van der Waals surface area contributed by atoms with Gasteiger partial charge in [-0.25, -0.2) is 0 Å². The number of methoxy groups -OCH3 is 1. The van der Waals surface area contributed by atoms with Gasteiger partial charge >= 0.3 is 0 Å². The third-order valence-corrected chi connectivity index (χ3v) is 6.92. The van der Waals surface area contributed by atoms with Gasteiger partial charge in [0.25, 0.3) is 11.8 Å². The molecule has 0 fully saturated rings. The van der Waals surface area contributed by atoms with E-state index in [0.717, 1.165) is 24.8 Å². The van der Waals surface area contributed by atoms with Crippen molar-refractivity contribution >= 4 is 17.5 Å². The molecule has 0 saturated carbocycles. The van der Waals surface area contributed by atoms with Gasteiger partial charge in [0.1, 0.15) is 11.5 Å². The summed E-state index contributed by atoms with van der Waals surface area (Å²) >= 11 is 0. The maximum absolute atomic E-state index is 13.6. The topological polar surface area (TPSA) is 67.9 Å². The van der Waals surface area contributed by atoms with E-state index in [1.807, 2.05) is 42.2 Å². The predicted molar refractivity (Wildman–Crippen MR) is 135 cm³/mol. The molecule has 3 aromatic carbocycles. The number of para-hydroxylation sites is 1. The van der Waals surface area contributed by atoms with Crippen molar-refractivity contribution in [3.63, 3.8) is 0 Å². The number of fused-ring (bicyclic) bond motifs is 2. The van der Waals surface area contributed by atoms with Gasteiger partial charge in [0, 0.05) is 11.3 Å². The highest BCUT2D eigenvalue weighted by Crippen LogP contribution is 2.39. The van der Waals surface area contributed by atoms with Crippen LogP contribution in [0.25, 0.3) is 0 Å². The highest BCUT2D eigenvalue weighted by Gasteiger charge is 2.36.